The molecule has 0 aliphatic heterocycles. The smallest absolute Gasteiger partial charge is 0.257 e. The molecular weight excluding hydrogens is 413 g/mol. The molecule has 2 aromatic rings. The van der Waals surface area contributed by atoms with E-state index in [0.29, 0.717) is 17.7 Å². The molecule has 3 N–H and O–H groups in total. The minimum Gasteiger partial charge on any atom is -0.484 e. The molecule has 0 radical (unpaired) electrons. The second-order valence-corrected chi connectivity index (χ2v) is 6.57. The van der Waals surface area contributed by atoms with Crippen LogP contribution in [0.2, 0.25) is 5.02 Å². The summed E-state index contributed by atoms with van der Waals surface area (Å²) in [5.41, 5.74) is 0.838. The normalized spacial score (nSPS) is 10.1. The highest BCUT2D eigenvalue weighted by atomic mass is 35.5. The molecule has 0 saturated heterocycles. The van der Waals surface area contributed by atoms with Gasteiger partial charge in [0.25, 0.3) is 11.8 Å². The van der Waals surface area contributed by atoms with Gasteiger partial charge in [-0.3, -0.25) is 14.4 Å². The van der Waals surface area contributed by atoms with Gasteiger partial charge in [0, 0.05) is 30.3 Å². The summed E-state index contributed by atoms with van der Waals surface area (Å²) in [4.78, 5) is 35.5. The first-order chi connectivity index (χ1) is 14.3. The number of hydrogen-bond donors (Lipinski definition) is 3. The Morgan fingerprint density at radius 1 is 1.03 bits per heavy atom. The number of rotatable bonds is 10. The van der Waals surface area contributed by atoms with Crippen LogP contribution >= 0.6 is 11.6 Å². The number of amides is 3. The summed E-state index contributed by atoms with van der Waals surface area (Å²) in [6.07, 6.45) is 0.291. The lowest BCUT2D eigenvalue weighted by Crippen LogP contribution is -2.37. The number of hydrogen-bond acceptors (Lipinski definition) is 4. The van der Waals surface area contributed by atoms with Crippen LogP contribution in [0.3, 0.4) is 0 Å². The van der Waals surface area contributed by atoms with Crippen molar-refractivity contribution in [3.63, 3.8) is 0 Å². The molecule has 2 rings (SSSR count). The molecule has 0 aliphatic rings. The van der Waals surface area contributed by atoms with E-state index in [1.807, 2.05) is 0 Å². The van der Waals surface area contributed by atoms with Gasteiger partial charge in [-0.25, -0.2) is 4.39 Å². The predicted molar refractivity (Wildman–Crippen MR) is 111 cm³/mol. The summed E-state index contributed by atoms with van der Waals surface area (Å²) in [5.74, 6) is -1.66. The largest absolute Gasteiger partial charge is 0.484 e. The van der Waals surface area contributed by atoms with Crippen LogP contribution in [0.1, 0.15) is 16.8 Å². The first-order valence-corrected chi connectivity index (χ1v) is 9.38. The fourth-order valence-corrected chi connectivity index (χ4v) is 2.39. The Bertz CT molecular complexity index is 922. The quantitative estimate of drug-likeness (QED) is 0.536. The standard InChI is InChI=1S/C21H21ClFN3O4/c1-14(26-19(27)12-25-21(29)15-5-3-2-4-6-15)9-10-24-20(28)13-30-16-7-8-17(22)18(23)11-16/h2-8,11H,1,9-10,12-13H2,(H,24,28)(H,25,29)(H,26,27). The maximum Gasteiger partial charge on any atom is 0.257 e. The third kappa shape index (κ3) is 7.92. The Balaban J connectivity index is 1.60. The number of ether oxygens (including phenoxy) is 1. The molecule has 158 valence electrons. The topological polar surface area (TPSA) is 96.5 Å². The van der Waals surface area contributed by atoms with Crippen LogP contribution in [0.5, 0.6) is 5.75 Å². The fourth-order valence-electron chi connectivity index (χ4n) is 2.28. The van der Waals surface area contributed by atoms with E-state index in [1.165, 1.54) is 12.1 Å². The second kappa shape index (κ2) is 11.6. The molecule has 30 heavy (non-hydrogen) atoms. The molecule has 3 amide bonds. The molecule has 0 heterocycles. The Morgan fingerprint density at radius 2 is 1.77 bits per heavy atom. The Labute approximate surface area is 178 Å². The molecule has 0 unspecified atom stereocenters. The van der Waals surface area contributed by atoms with Crippen LogP contribution in [0.25, 0.3) is 0 Å². The lowest BCUT2D eigenvalue weighted by molar-refractivity contribution is -0.123. The van der Waals surface area contributed by atoms with Gasteiger partial charge in [0.2, 0.25) is 5.91 Å². The van der Waals surface area contributed by atoms with Crippen molar-refractivity contribution in [3.8, 4) is 5.75 Å². The Kier molecular flexibility index (Phi) is 8.83. The summed E-state index contributed by atoms with van der Waals surface area (Å²) < 4.78 is 18.5. The van der Waals surface area contributed by atoms with Gasteiger partial charge in [-0.15, -0.1) is 0 Å². The molecule has 0 bridgehead atoms. The maximum absolute atomic E-state index is 13.3. The molecule has 9 heteroatoms. The summed E-state index contributed by atoms with van der Waals surface area (Å²) in [5, 5.41) is 7.60. The first kappa shape index (κ1) is 22.9. The van der Waals surface area contributed by atoms with Gasteiger partial charge in [0.05, 0.1) is 11.6 Å². The third-order valence-corrected chi connectivity index (χ3v) is 4.08. The zero-order chi connectivity index (χ0) is 21.9. The molecule has 0 aromatic heterocycles. The molecule has 0 fully saturated rings. The van der Waals surface area contributed by atoms with Crippen molar-refractivity contribution in [2.45, 2.75) is 6.42 Å². The van der Waals surface area contributed by atoms with Gasteiger partial charge >= 0.3 is 0 Å². The molecule has 0 aliphatic carbocycles. The monoisotopic (exact) mass is 433 g/mol. The van der Waals surface area contributed by atoms with Crippen LogP contribution < -0.4 is 20.7 Å². The molecule has 2 aromatic carbocycles. The first-order valence-electron chi connectivity index (χ1n) is 9.00. The van der Waals surface area contributed by atoms with Crippen LogP contribution in [0.4, 0.5) is 4.39 Å². The molecule has 0 saturated carbocycles. The molecule has 0 spiro atoms. The summed E-state index contributed by atoms with van der Waals surface area (Å²) in [6, 6.07) is 12.4. The van der Waals surface area contributed by atoms with E-state index in [0.717, 1.165) is 6.07 Å². The van der Waals surface area contributed by atoms with Crippen molar-refractivity contribution in [2.75, 3.05) is 19.7 Å². The summed E-state index contributed by atoms with van der Waals surface area (Å²) in [7, 11) is 0. The van der Waals surface area contributed by atoms with Crippen molar-refractivity contribution >= 4 is 29.3 Å². The van der Waals surface area contributed by atoms with Crippen LogP contribution in [0, 0.1) is 5.82 Å². The van der Waals surface area contributed by atoms with Gasteiger partial charge < -0.3 is 20.7 Å². The van der Waals surface area contributed by atoms with Crippen molar-refractivity contribution in [3.05, 3.63) is 77.2 Å². The Hall–Kier alpha value is -3.39. The third-order valence-electron chi connectivity index (χ3n) is 3.77. The van der Waals surface area contributed by atoms with E-state index >= 15 is 0 Å². The average molecular weight is 434 g/mol. The van der Waals surface area contributed by atoms with Gasteiger partial charge in [-0.2, -0.15) is 0 Å². The van der Waals surface area contributed by atoms with Crippen molar-refractivity contribution in [2.24, 2.45) is 0 Å². The minimum atomic E-state index is -0.637. The molecular formula is C21H21ClFN3O4. The zero-order valence-corrected chi connectivity index (χ0v) is 16.8. The van der Waals surface area contributed by atoms with E-state index < -0.39 is 17.6 Å². The van der Waals surface area contributed by atoms with E-state index in [4.69, 9.17) is 16.3 Å². The number of nitrogens with one attached hydrogen (secondary N) is 3. The number of benzene rings is 2. The summed E-state index contributed by atoms with van der Waals surface area (Å²) >= 11 is 5.57. The van der Waals surface area contributed by atoms with Crippen LogP contribution in [0.15, 0.2) is 60.8 Å². The number of carbonyl (C=O) groups is 3. The highest BCUT2D eigenvalue weighted by molar-refractivity contribution is 6.30. The van der Waals surface area contributed by atoms with Gasteiger partial charge in [0.15, 0.2) is 6.61 Å². The van der Waals surface area contributed by atoms with Gasteiger partial charge in [-0.1, -0.05) is 36.4 Å². The zero-order valence-electron chi connectivity index (χ0n) is 16.0. The van der Waals surface area contributed by atoms with Crippen molar-refractivity contribution in [1.82, 2.24) is 16.0 Å². The van der Waals surface area contributed by atoms with E-state index in [9.17, 15) is 18.8 Å². The highest BCUT2D eigenvalue weighted by Gasteiger charge is 2.09. The second-order valence-electron chi connectivity index (χ2n) is 6.16. The SMILES string of the molecule is C=C(CCNC(=O)COc1ccc(Cl)c(F)c1)NC(=O)CNC(=O)c1ccccc1. The van der Waals surface area contributed by atoms with Gasteiger partial charge in [-0.05, 0) is 24.3 Å². The van der Waals surface area contributed by atoms with Gasteiger partial charge in [0.1, 0.15) is 11.6 Å². The lowest BCUT2D eigenvalue weighted by Gasteiger charge is -2.11. The molecule has 7 nitrogen and oxygen atoms in total. The summed E-state index contributed by atoms with van der Waals surface area (Å²) in [6.45, 7) is 3.42. The maximum atomic E-state index is 13.3. The van der Waals surface area contributed by atoms with Crippen molar-refractivity contribution in [1.29, 1.82) is 0 Å². The van der Waals surface area contributed by atoms with E-state index in [2.05, 4.69) is 22.5 Å². The van der Waals surface area contributed by atoms with E-state index in [-0.39, 0.29) is 36.4 Å². The van der Waals surface area contributed by atoms with Crippen LogP contribution in [-0.2, 0) is 9.59 Å². The fraction of sp³-hybridized carbons (Fsp3) is 0.190. The minimum absolute atomic E-state index is 0.0352. The average Bonchev–Trinajstić information content (AvgIpc) is 2.73. The molecule has 0 atom stereocenters. The number of carbonyl (C=O) groups excluding carboxylic acids is 3. The Morgan fingerprint density at radius 3 is 2.47 bits per heavy atom. The number of halogens is 2. The van der Waals surface area contributed by atoms with Crippen LogP contribution in [-0.4, -0.2) is 37.4 Å². The highest BCUT2D eigenvalue weighted by Crippen LogP contribution is 2.20. The van der Waals surface area contributed by atoms with Crippen molar-refractivity contribution < 1.29 is 23.5 Å². The lowest BCUT2D eigenvalue weighted by atomic mass is 10.2. The van der Waals surface area contributed by atoms with E-state index in [1.54, 1.807) is 30.3 Å². The predicted octanol–water partition coefficient (Wildman–Crippen LogP) is 2.42.